The molecule has 110 valence electrons. The molecule has 0 bridgehead atoms. The van der Waals surface area contributed by atoms with E-state index < -0.39 is 0 Å². The first-order valence-electron chi connectivity index (χ1n) is 7.21. The van der Waals surface area contributed by atoms with Crippen molar-refractivity contribution in [1.29, 1.82) is 0 Å². The summed E-state index contributed by atoms with van der Waals surface area (Å²) in [6.07, 6.45) is 2.93. The lowest BCUT2D eigenvalue weighted by atomic mass is 10.2. The van der Waals surface area contributed by atoms with Crippen LogP contribution in [0.1, 0.15) is 38.5 Å². The maximum Gasteiger partial charge on any atom is 0.122 e. The minimum absolute atomic E-state index is 0.418. The number of rotatable bonds is 10. The fourth-order valence-electron chi connectivity index (χ4n) is 2.19. The van der Waals surface area contributed by atoms with Crippen molar-refractivity contribution in [3.8, 4) is 0 Å². The van der Waals surface area contributed by atoms with Crippen LogP contribution in [0.5, 0.6) is 0 Å². The third-order valence-electron chi connectivity index (χ3n) is 3.36. The molecule has 1 rings (SSSR count). The second-order valence-corrected chi connectivity index (χ2v) is 4.91. The van der Waals surface area contributed by atoms with Crippen molar-refractivity contribution in [2.45, 2.75) is 46.3 Å². The van der Waals surface area contributed by atoms with E-state index in [9.17, 15) is 0 Å². The van der Waals surface area contributed by atoms with Crippen LogP contribution in [0.15, 0.2) is 16.7 Å². The SMILES string of the molecule is CCCNCc1occc1CN(CC)C(C)COC. The molecule has 1 unspecified atom stereocenters. The number of furan rings is 1. The van der Waals surface area contributed by atoms with Gasteiger partial charge in [-0.1, -0.05) is 13.8 Å². The Morgan fingerprint density at radius 3 is 2.84 bits per heavy atom. The summed E-state index contributed by atoms with van der Waals surface area (Å²) in [5, 5.41) is 3.39. The van der Waals surface area contributed by atoms with Gasteiger partial charge >= 0.3 is 0 Å². The molecular weight excluding hydrogens is 240 g/mol. The van der Waals surface area contributed by atoms with E-state index in [0.717, 1.165) is 45.0 Å². The van der Waals surface area contributed by atoms with E-state index in [-0.39, 0.29) is 0 Å². The van der Waals surface area contributed by atoms with Gasteiger partial charge in [-0.25, -0.2) is 0 Å². The largest absolute Gasteiger partial charge is 0.468 e. The molecule has 1 heterocycles. The molecular formula is C15H28N2O2. The summed E-state index contributed by atoms with van der Waals surface area (Å²) < 4.78 is 10.8. The third kappa shape index (κ3) is 5.35. The fraction of sp³-hybridized carbons (Fsp3) is 0.733. The van der Waals surface area contributed by atoms with Crippen molar-refractivity contribution in [1.82, 2.24) is 10.2 Å². The molecule has 0 aliphatic rings. The average Bonchev–Trinajstić information content (AvgIpc) is 2.84. The minimum Gasteiger partial charge on any atom is -0.468 e. The molecule has 4 nitrogen and oxygen atoms in total. The fourth-order valence-corrected chi connectivity index (χ4v) is 2.19. The highest BCUT2D eigenvalue weighted by molar-refractivity contribution is 5.17. The molecule has 1 aromatic rings. The molecule has 1 aromatic heterocycles. The minimum atomic E-state index is 0.418. The Morgan fingerprint density at radius 1 is 1.42 bits per heavy atom. The Morgan fingerprint density at radius 2 is 2.21 bits per heavy atom. The van der Waals surface area contributed by atoms with E-state index in [4.69, 9.17) is 9.15 Å². The zero-order valence-corrected chi connectivity index (χ0v) is 12.7. The summed E-state index contributed by atoms with van der Waals surface area (Å²) in [4.78, 5) is 2.40. The van der Waals surface area contributed by atoms with Gasteiger partial charge in [0.15, 0.2) is 0 Å². The van der Waals surface area contributed by atoms with Crippen LogP contribution in [0.4, 0.5) is 0 Å². The average molecular weight is 268 g/mol. The normalized spacial score (nSPS) is 13.1. The molecule has 0 aromatic carbocycles. The molecule has 0 aliphatic heterocycles. The molecule has 0 fully saturated rings. The Bertz CT molecular complexity index is 339. The van der Waals surface area contributed by atoms with E-state index in [1.165, 1.54) is 5.56 Å². The zero-order valence-electron chi connectivity index (χ0n) is 12.7. The molecule has 0 radical (unpaired) electrons. The lowest BCUT2D eigenvalue weighted by molar-refractivity contribution is 0.0978. The van der Waals surface area contributed by atoms with Crippen LogP contribution in [0.25, 0.3) is 0 Å². The van der Waals surface area contributed by atoms with E-state index in [0.29, 0.717) is 6.04 Å². The molecule has 19 heavy (non-hydrogen) atoms. The number of ether oxygens (including phenoxy) is 1. The van der Waals surface area contributed by atoms with Crippen molar-refractivity contribution in [2.24, 2.45) is 0 Å². The number of nitrogens with one attached hydrogen (secondary N) is 1. The van der Waals surface area contributed by atoms with Crippen LogP contribution >= 0.6 is 0 Å². The van der Waals surface area contributed by atoms with Crippen molar-refractivity contribution in [2.75, 3.05) is 26.8 Å². The second-order valence-electron chi connectivity index (χ2n) is 4.91. The molecule has 0 aliphatic carbocycles. The third-order valence-corrected chi connectivity index (χ3v) is 3.36. The van der Waals surface area contributed by atoms with Crippen LogP contribution in [0.3, 0.4) is 0 Å². The highest BCUT2D eigenvalue weighted by atomic mass is 16.5. The monoisotopic (exact) mass is 268 g/mol. The first-order valence-corrected chi connectivity index (χ1v) is 7.21. The van der Waals surface area contributed by atoms with Crippen LogP contribution < -0.4 is 5.32 Å². The van der Waals surface area contributed by atoms with Crippen LogP contribution in [-0.2, 0) is 17.8 Å². The lowest BCUT2D eigenvalue weighted by Gasteiger charge is -2.27. The van der Waals surface area contributed by atoms with Crippen LogP contribution in [-0.4, -0.2) is 37.7 Å². The number of methoxy groups -OCH3 is 1. The maximum atomic E-state index is 5.58. The summed E-state index contributed by atoms with van der Waals surface area (Å²) in [7, 11) is 1.75. The van der Waals surface area contributed by atoms with Gasteiger partial charge in [0, 0.05) is 25.3 Å². The summed E-state index contributed by atoms with van der Waals surface area (Å²) in [5.74, 6) is 1.05. The van der Waals surface area contributed by atoms with Crippen molar-refractivity contribution in [3.05, 3.63) is 23.7 Å². The van der Waals surface area contributed by atoms with Crippen LogP contribution in [0.2, 0.25) is 0 Å². The molecule has 0 spiro atoms. The molecule has 0 saturated carbocycles. The topological polar surface area (TPSA) is 37.6 Å². The predicted octanol–water partition coefficient (Wildman–Crippen LogP) is 2.64. The van der Waals surface area contributed by atoms with Gasteiger partial charge in [0.05, 0.1) is 19.4 Å². The summed E-state index contributed by atoms with van der Waals surface area (Å²) >= 11 is 0. The molecule has 1 atom stereocenters. The Balaban J connectivity index is 2.56. The first kappa shape index (κ1) is 16.2. The van der Waals surface area contributed by atoms with Gasteiger partial charge in [-0.2, -0.15) is 0 Å². The van der Waals surface area contributed by atoms with Gasteiger partial charge < -0.3 is 14.5 Å². The van der Waals surface area contributed by atoms with Gasteiger partial charge in [-0.05, 0) is 32.5 Å². The van der Waals surface area contributed by atoms with E-state index in [1.54, 1.807) is 13.4 Å². The smallest absolute Gasteiger partial charge is 0.122 e. The van der Waals surface area contributed by atoms with Gasteiger partial charge in [0.2, 0.25) is 0 Å². The molecule has 0 saturated heterocycles. The highest BCUT2D eigenvalue weighted by Gasteiger charge is 2.15. The Kier molecular flexibility index (Phi) is 7.79. The Hall–Kier alpha value is -0.840. The van der Waals surface area contributed by atoms with E-state index in [1.807, 2.05) is 0 Å². The van der Waals surface area contributed by atoms with Crippen molar-refractivity contribution in [3.63, 3.8) is 0 Å². The molecule has 0 amide bonds. The summed E-state index contributed by atoms with van der Waals surface area (Å²) in [6.45, 7) is 11.1. The van der Waals surface area contributed by atoms with Crippen molar-refractivity contribution < 1.29 is 9.15 Å². The van der Waals surface area contributed by atoms with Gasteiger partial charge in [-0.3, -0.25) is 4.90 Å². The second kappa shape index (κ2) is 9.13. The highest BCUT2D eigenvalue weighted by Crippen LogP contribution is 2.15. The molecule has 4 heteroatoms. The number of hydrogen-bond acceptors (Lipinski definition) is 4. The van der Waals surface area contributed by atoms with Gasteiger partial charge in [0.25, 0.3) is 0 Å². The standard InChI is InChI=1S/C15H28N2O2/c1-5-8-16-10-15-14(7-9-19-15)11-17(6-2)13(3)12-18-4/h7,9,13,16H,5-6,8,10-12H2,1-4H3. The zero-order chi connectivity index (χ0) is 14.1. The summed E-state index contributed by atoms with van der Waals surface area (Å²) in [6, 6.07) is 2.49. The van der Waals surface area contributed by atoms with Crippen LogP contribution in [0, 0.1) is 0 Å². The Labute approximate surface area is 117 Å². The van der Waals surface area contributed by atoms with Gasteiger partial charge in [-0.15, -0.1) is 0 Å². The quantitative estimate of drug-likeness (QED) is 0.662. The number of hydrogen-bond donors (Lipinski definition) is 1. The first-order chi connectivity index (χ1) is 9.22. The summed E-state index contributed by atoms with van der Waals surface area (Å²) in [5.41, 5.74) is 1.27. The number of nitrogens with zero attached hydrogens (tertiary/aromatic N) is 1. The number of likely N-dealkylation sites (N-methyl/N-ethyl adjacent to an activating group) is 1. The predicted molar refractivity (Wildman–Crippen MR) is 78.1 cm³/mol. The van der Waals surface area contributed by atoms with E-state index >= 15 is 0 Å². The lowest BCUT2D eigenvalue weighted by Crippen LogP contribution is -2.35. The van der Waals surface area contributed by atoms with E-state index in [2.05, 4.69) is 37.1 Å². The van der Waals surface area contributed by atoms with Gasteiger partial charge in [0.1, 0.15) is 5.76 Å². The molecule has 1 N–H and O–H groups in total. The maximum absolute atomic E-state index is 5.58. The van der Waals surface area contributed by atoms with Crippen molar-refractivity contribution >= 4 is 0 Å².